The van der Waals surface area contributed by atoms with Gasteiger partial charge in [0.2, 0.25) is 0 Å². The first-order valence-corrected chi connectivity index (χ1v) is 8.60. The SMILES string of the molecule is CCNc1cccnc1S(=O)(=O)NCCN1CCOCC1. The van der Waals surface area contributed by atoms with Gasteiger partial charge in [0, 0.05) is 38.9 Å². The second-order valence-corrected chi connectivity index (χ2v) is 6.42. The van der Waals surface area contributed by atoms with E-state index >= 15 is 0 Å². The molecule has 1 aliphatic heterocycles. The Morgan fingerprint density at radius 1 is 1.38 bits per heavy atom. The molecule has 1 aromatic rings. The lowest BCUT2D eigenvalue weighted by atomic mass is 10.4. The van der Waals surface area contributed by atoms with Crippen LogP contribution in [0.3, 0.4) is 0 Å². The lowest BCUT2D eigenvalue weighted by Gasteiger charge is -2.26. The molecule has 2 N–H and O–H groups in total. The largest absolute Gasteiger partial charge is 0.383 e. The Kier molecular flexibility index (Phi) is 5.92. The Morgan fingerprint density at radius 2 is 2.14 bits per heavy atom. The van der Waals surface area contributed by atoms with Gasteiger partial charge in [-0.15, -0.1) is 0 Å². The molecule has 0 bridgehead atoms. The number of hydrogen-bond donors (Lipinski definition) is 2. The number of nitrogens with zero attached hydrogens (tertiary/aromatic N) is 2. The topological polar surface area (TPSA) is 83.6 Å². The summed E-state index contributed by atoms with van der Waals surface area (Å²) in [7, 11) is -3.60. The number of pyridine rings is 1. The van der Waals surface area contributed by atoms with E-state index in [9.17, 15) is 8.42 Å². The van der Waals surface area contributed by atoms with Crippen molar-refractivity contribution < 1.29 is 13.2 Å². The normalized spacial score (nSPS) is 16.8. The van der Waals surface area contributed by atoms with Crippen molar-refractivity contribution in [3.8, 4) is 0 Å². The number of sulfonamides is 1. The van der Waals surface area contributed by atoms with E-state index in [0.717, 1.165) is 13.1 Å². The van der Waals surface area contributed by atoms with Crippen LogP contribution < -0.4 is 10.0 Å². The van der Waals surface area contributed by atoms with Crippen LogP contribution in [0.15, 0.2) is 23.4 Å². The number of ether oxygens (including phenoxy) is 1. The number of hydrogen-bond acceptors (Lipinski definition) is 6. The lowest BCUT2D eigenvalue weighted by Crippen LogP contribution is -2.41. The van der Waals surface area contributed by atoms with Gasteiger partial charge in [-0.3, -0.25) is 4.90 Å². The molecular weight excluding hydrogens is 292 g/mol. The molecule has 0 atom stereocenters. The summed E-state index contributed by atoms with van der Waals surface area (Å²) >= 11 is 0. The molecule has 1 aliphatic rings. The highest BCUT2D eigenvalue weighted by atomic mass is 32.2. The molecule has 7 nitrogen and oxygen atoms in total. The van der Waals surface area contributed by atoms with Crippen molar-refractivity contribution in [2.24, 2.45) is 0 Å². The van der Waals surface area contributed by atoms with Gasteiger partial charge >= 0.3 is 0 Å². The molecule has 21 heavy (non-hydrogen) atoms. The highest BCUT2D eigenvalue weighted by Crippen LogP contribution is 2.17. The zero-order valence-electron chi connectivity index (χ0n) is 12.2. The minimum atomic E-state index is -3.60. The van der Waals surface area contributed by atoms with Crippen LogP contribution in [0.1, 0.15) is 6.92 Å². The van der Waals surface area contributed by atoms with Crippen molar-refractivity contribution in [2.75, 3.05) is 51.3 Å². The van der Waals surface area contributed by atoms with E-state index < -0.39 is 10.0 Å². The summed E-state index contributed by atoms with van der Waals surface area (Å²) < 4.78 is 32.5. The third-order valence-electron chi connectivity index (χ3n) is 3.22. The number of aromatic nitrogens is 1. The molecule has 0 radical (unpaired) electrons. The van der Waals surface area contributed by atoms with E-state index in [1.807, 2.05) is 6.92 Å². The maximum atomic E-state index is 12.3. The molecule has 1 aromatic heterocycles. The molecule has 118 valence electrons. The summed E-state index contributed by atoms with van der Waals surface area (Å²) in [5.74, 6) is 0. The van der Waals surface area contributed by atoms with E-state index in [2.05, 4.69) is 19.9 Å². The first-order valence-electron chi connectivity index (χ1n) is 7.12. The summed E-state index contributed by atoms with van der Waals surface area (Å²) in [6.45, 7) is 6.69. The van der Waals surface area contributed by atoms with E-state index in [-0.39, 0.29) is 5.03 Å². The molecule has 0 aliphatic carbocycles. The third kappa shape index (κ3) is 4.63. The van der Waals surface area contributed by atoms with Crippen molar-refractivity contribution in [3.63, 3.8) is 0 Å². The quantitative estimate of drug-likeness (QED) is 0.744. The fraction of sp³-hybridized carbons (Fsp3) is 0.615. The second kappa shape index (κ2) is 7.69. The zero-order valence-corrected chi connectivity index (χ0v) is 13.0. The van der Waals surface area contributed by atoms with Gasteiger partial charge in [-0.1, -0.05) is 0 Å². The highest BCUT2D eigenvalue weighted by Gasteiger charge is 2.20. The molecular formula is C13H22N4O3S. The van der Waals surface area contributed by atoms with Crippen molar-refractivity contribution in [1.82, 2.24) is 14.6 Å². The zero-order chi connectivity index (χ0) is 15.1. The maximum Gasteiger partial charge on any atom is 0.260 e. The Labute approximate surface area is 125 Å². The second-order valence-electron chi connectivity index (χ2n) is 4.74. The van der Waals surface area contributed by atoms with E-state index in [1.165, 1.54) is 6.20 Å². The molecule has 0 saturated carbocycles. The average molecular weight is 314 g/mol. The van der Waals surface area contributed by atoms with Crippen molar-refractivity contribution in [1.29, 1.82) is 0 Å². The third-order valence-corrected chi connectivity index (χ3v) is 4.64. The fourth-order valence-corrected chi connectivity index (χ4v) is 3.29. The summed E-state index contributed by atoms with van der Waals surface area (Å²) in [6, 6.07) is 3.43. The molecule has 8 heteroatoms. The maximum absolute atomic E-state index is 12.3. The van der Waals surface area contributed by atoms with Crippen LogP contribution in [0.2, 0.25) is 0 Å². The molecule has 0 aromatic carbocycles. The molecule has 1 fully saturated rings. The molecule has 2 heterocycles. The molecule has 1 saturated heterocycles. The minimum Gasteiger partial charge on any atom is -0.383 e. The average Bonchev–Trinajstić information content (AvgIpc) is 2.49. The Balaban J connectivity index is 1.94. The van der Waals surface area contributed by atoms with E-state index in [4.69, 9.17) is 4.74 Å². The minimum absolute atomic E-state index is 0.0498. The van der Waals surface area contributed by atoms with E-state index in [0.29, 0.717) is 38.5 Å². The van der Waals surface area contributed by atoms with Crippen LogP contribution in [0.25, 0.3) is 0 Å². The van der Waals surface area contributed by atoms with Gasteiger partial charge in [-0.2, -0.15) is 0 Å². The van der Waals surface area contributed by atoms with Crippen molar-refractivity contribution in [3.05, 3.63) is 18.3 Å². The Bertz CT molecular complexity index is 544. The van der Waals surface area contributed by atoms with Crippen molar-refractivity contribution >= 4 is 15.7 Å². The Morgan fingerprint density at radius 3 is 2.86 bits per heavy atom. The predicted molar refractivity (Wildman–Crippen MR) is 80.8 cm³/mol. The monoisotopic (exact) mass is 314 g/mol. The van der Waals surface area contributed by atoms with Gasteiger partial charge in [-0.05, 0) is 19.1 Å². The first-order chi connectivity index (χ1) is 10.1. The van der Waals surface area contributed by atoms with Gasteiger partial charge in [0.25, 0.3) is 10.0 Å². The van der Waals surface area contributed by atoms with Gasteiger partial charge < -0.3 is 10.1 Å². The van der Waals surface area contributed by atoms with Crippen LogP contribution in [-0.2, 0) is 14.8 Å². The van der Waals surface area contributed by atoms with Crippen LogP contribution in [0.5, 0.6) is 0 Å². The van der Waals surface area contributed by atoms with Gasteiger partial charge in [0.1, 0.15) is 0 Å². The first kappa shape index (κ1) is 16.2. The number of nitrogens with one attached hydrogen (secondary N) is 2. The van der Waals surface area contributed by atoms with Crippen LogP contribution in [-0.4, -0.2) is 64.2 Å². The molecule has 0 spiro atoms. The van der Waals surface area contributed by atoms with Gasteiger partial charge in [0.05, 0.1) is 18.9 Å². The summed E-state index contributed by atoms with van der Waals surface area (Å²) in [5.41, 5.74) is 0.527. The van der Waals surface area contributed by atoms with Crippen molar-refractivity contribution in [2.45, 2.75) is 11.9 Å². The summed E-state index contributed by atoms with van der Waals surface area (Å²) in [4.78, 5) is 6.16. The summed E-state index contributed by atoms with van der Waals surface area (Å²) in [6.07, 6.45) is 1.48. The van der Waals surface area contributed by atoms with Gasteiger partial charge in [0.15, 0.2) is 5.03 Å². The smallest absolute Gasteiger partial charge is 0.260 e. The lowest BCUT2D eigenvalue weighted by molar-refractivity contribution is 0.0390. The van der Waals surface area contributed by atoms with Crippen LogP contribution >= 0.6 is 0 Å². The highest BCUT2D eigenvalue weighted by molar-refractivity contribution is 7.89. The van der Waals surface area contributed by atoms with Crippen LogP contribution in [0.4, 0.5) is 5.69 Å². The Hall–Kier alpha value is -1.22. The van der Waals surface area contributed by atoms with E-state index in [1.54, 1.807) is 12.1 Å². The fourth-order valence-electron chi connectivity index (χ4n) is 2.16. The summed E-state index contributed by atoms with van der Waals surface area (Å²) in [5, 5.41) is 3.06. The van der Waals surface area contributed by atoms with Gasteiger partial charge in [-0.25, -0.2) is 18.1 Å². The molecule has 2 rings (SSSR count). The van der Waals surface area contributed by atoms with Crippen LogP contribution in [0, 0.1) is 0 Å². The molecule has 0 unspecified atom stereocenters. The molecule has 0 amide bonds. The number of rotatable bonds is 7. The predicted octanol–water partition coefficient (Wildman–Crippen LogP) is 0.124. The standard InChI is InChI=1S/C13H22N4O3S/c1-2-14-12-4-3-5-15-13(12)21(18,19)16-6-7-17-8-10-20-11-9-17/h3-5,14,16H,2,6-11H2,1H3. The number of morpholine rings is 1. The number of anilines is 1.